The number of aryl methyl sites for hydroxylation is 1. The summed E-state index contributed by atoms with van der Waals surface area (Å²) in [6.45, 7) is 1.95. The summed E-state index contributed by atoms with van der Waals surface area (Å²) in [5.74, 6) is -0.290. The zero-order valence-electron chi connectivity index (χ0n) is 9.78. The summed E-state index contributed by atoms with van der Waals surface area (Å²) < 4.78 is 0. The summed E-state index contributed by atoms with van der Waals surface area (Å²) in [4.78, 5) is 10.9. The van der Waals surface area contributed by atoms with Gasteiger partial charge in [0.2, 0.25) is 5.91 Å². The minimum Gasteiger partial charge on any atom is -0.366 e. The summed E-state index contributed by atoms with van der Waals surface area (Å²) in [7, 11) is 0. The van der Waals surface area contributed by atoms with Crippen molar-refractivity contribution in [3.63, 3.8) is 0 Å². The van der Waals surface area contributed by atoms with Crippen molar-refractivity contribution in [2.45, 2.75) is 32.6 Å². The van der Waals surface area contributed by atoms with Crippen molar-refractivity contribution in [3.8, 4) is 0 Å². The first kappa shape index (κ1) is 12.5. The summed E-state index contributed by atoms with van der Waals surface area (Å²) >= 11 is 0. The first-order chi connectivity index (χ1) is 7.74. The first-order valence-corrected chi connectivity index (χ1v) is 5.76. The number of rotatable bonds is 6. The van der Waals surface area contributed by atoms with Crippen LogP contribution in [0.5, 0.6) is 0 Å². The molecule has 0 fully saturated rings. The molecule has 0 unspecified atom stereocenters. The third-order valence-electron chi connectivity index (χ3n) is 2.60. The lowest BCUT2D eigenvalue weighted by Gasteiger charge is -2.00. The number of carbonyl (C=O) groups excluding carboxylic acids is 1. The van der Waals surface area contributed by atoms with Gasteiger partial charge in [-0.25, -0.2) is 0 Å². The van der Waals surface area contributed by atoms with Gasteiger partial charge in [0, 0.05) is 5.57 Å². The smallest absolute Gasteiger partial charge is 0.244 e. The topological polar surface area (TPSA) is 43.1 Å². The number of primary amides is 1. The van der Waals surface area contributed by atoms with Gasteiger partial charge in [0.15, 0.2) is 0 Å². The Morgan fingerprint density at radius 3 is 2.56 bits per heavy atom. The van der Waals surface area contributed by atoms with E-state index in [0.717, 1.165) is 31.3 Å². The van der Waals surface area contributed by atoms with Crippen LogP contribution in [0.4, 0.5) is 0 Å². The molecule has 0 heterocycles. The van der Waals surface area contributed by atoms with Crippen LogP contribution in [-0.4, -0.2) is 5.91 Å². The van der Waals surface area contributed by atoms with Gasteiger partial charge in [-0.1, -0.05) is 43.3 Å². The van der Waals surface area contributed by atoms with Gasteiger partial charge in [0.25, 0.3) is 0 Å². The standard InChI is InChI=1S/C14H19NO/c1-2-13(14(15)16)11-7-6-10-12-8-4-3-5-9-12/h3-5,8-9,11H,2,6-7,10H2,1H3,(H2,15,16). The van der Waals surface area contributed by atoms with Crippen molar-refractivity contribution in [1.29, 1.82) is 0 Å². The lowest BCUT2D eigenvalue weighted by Crippen LogP contribution is -2.13. The Hall–Kier alpha value is -1.57. The second-order valence-corrected chi connectivity index (χ2v) is 3.82. The molecule has 0 aliphatic carbocycles. The maximum absolute atomic E-state index is 10.9. The fourth-order valence-electron chi connectivity index (χ4n) is 1.65. The number of hydrogen-bond acceptors (Lipinski definition) is 1. The number of amides is 1. The molecule has 0 aromatic heterocycles. The predicted molar refractivity (Wildman–Crippen MR) is 66.9 cm³/mol. The van der Waals surface area contributed by atoms with Gasteiger partial charge in [0.1, 0.15) is 0 Å². The molecular formula is C14H19NO. The summed E-state index contributed by atoms with van der Waals surface area (Å²) in [6, 6.07) is 10.4. The van der Waals surface area contributed by atoms with Gasteiger partial charge in [0.05, 0.1) is 0 Å². The van der Waals surface area contributed by atoms with E-state index in [0.29, 0.717) is 0 Å². The molecule has 0 saturated heterocycles. The zero-order chi connectivity index (χ0) is 11.8. The quantitative estimate of drug-likeness (QED) is 0.578. The monoisotopic (exact) mass is 217 g/mol. The van der Waals surface area contributed by atoms with E-state index in [9.17, 15) is 4.79 Å². The second-order valence-electron chi connectivity index (χ2n) is 3.82. The van der Waals surface area contributed by atoms with E-state index in [2.05, 4.69) is 12.1 Å². The van der Waals surface area contributed by atoms with E-state index in [1.807, 2.05) is 31.2 Å². The molecule has 0 saturated carbocycles. The maximum Gasteiger partial charge on any atom is 0.244 e. The van der Waals surface area contributed by atoms with E-state index in [-0.39, 0.29) is 5.91 Å². The maximum atomic E-state index is 10.9. The van der Waals surface area contributed by atoms with Crippen LogP contribution < -0.4 is 5.73 Å². The second kappa shape index (κ2) is 6.83. The van der Waals surface area contributed by atoms with Gasteiger partial charge in [-0.05, 0) is 31.2 Å². The van der Waals surface area contributed by atoms with Crippen molar-refractivity contribution in [2.24, 2.45) is 5.73 Å². The molecule has 86 valence electrons. The molecule has 1 aromatic rings. The third-order valence-corrected chi connectivity index (χ3v) is 2.60. The van der Waals surface area contributed by atoms with Gasteiger partial charge in [-0.2, -0.15) is 0 Å². The number of carbonyl (C=O) groups is 1. The lowest BCUT2D eigenvalue weighted by atomic mass is 10.1. The van der Waals surface area contributed by atoms with Crippen LogP contribution in [0.1, 0.15) is 31.7 Å². The Morgan fingerprint density at radius 2 is 2.00 bits per heavy atom. The summed E-state index contributed by atoms with van der Waals surface area (Å²) in [6.07, 6.45) is 5.71. The Bertz CT molecular complexity index is 354. The van der Waals surface area contributed by atoms with Crippen LogP contribution in [-0.2, 0) is 11.2 Å². The van der Waals surface area contributed by atoms with E-state index in [4.69, 9.17) is 5.73 Å². The minimum absolute atomic E-state index is 0.290. The minimum atomic E-state index is -0.290. The largest absolute Gasteiger partial charge is 0.366 e. The highest BCUT2D eigenvalue weighted by Crippen LogP contribution is 2.07. The summed E-state index contributed by atoms with van der Waals surface area (Å²) in [5.41, 5.74) is 7.32. The van der Waals surface area contributed by atoms with Gasteiger partial charge >= 0.3 is 0 Å². The Labute approximate surface area is 97.2 Å². The van der Waals surface area contributed by atoms with Crippen molar-refractivity contribution >= 4 is 5.91 Å². The van der Waals surface area contributed by atoms with Crippen molar-refractivity contribution in [1.82, 2.24) is 0 Å². The predicted octanol–water partition coefficient (Wildman–Crippen LogP) is 2.83. The SMILES string of the molecule is CCC(=CCCCc1ccccc1)C(N)=O. The third kappa shape index (κ3) is 4.30. The highest BCUT2D eigenvalue weighted by Gasteiger charge is 2.00. The number of nitrogens with two attached hydrogens (primary N) is 1. The average Bonchev–Trinajstić information content (AvgIpc) is 2.30. The van der Waals surface area contributed by atoms with Crippen LogP contribution in [0.2, 0.25) is 0 Å². The Kier molecular flexibility index (Phi) is 5.34. The number of allylic oxidation sites excluding steroid dienone is 1. The van der Waals surface area contributed by atoms with Crippen LogP contribution in [0.15, 0.2) is 42.0 Å². The molecule has 2 heteroatoms. The van der Waals surface area contributed by atoms with Crippen LogP contribution in [0.3, 0.4) is 0 Å². The van der Waals surface area contributed by atoms with Crippen LogP contribution >= 0.6 is 0 Å². The molecule has 1 rings (SSSR count). The van der Waals surface area contributed by atoms with E-state index >= 15 is 0 Å². The van der Waals surface area contributed by atoms with Crippen LogP contribution in [0.25, 0.3) is 0 Å². The molecule has 2 nitrogen and oxygen atoms in total. The molecule has 16 heavy (non-hydrogen) atoms. The molecule has 1 amide bonds. The Balaban J connectivity index is 2.34. The fourth-order valence-corrected chi connectivity index (χ4v) is 1.65. The molecule has 2 N–H and O–H groups in total. The molecule has 0 atom stereocenters. The molecule has 0 radical (unpaired) electrons. The molecule has 0 aliphatic heterocycles. The normalized spacial score (nSPS) is 11.4. The molecule has 0 aliphatic rings. The van der Waals surface area contributed by atoms with Gasteiger partial charge in [-0.3, -0.25) is 4.79 Å². The number of unbranched alkanes of at least 4 members (excludes halogenated alkanes) is 1. The van der Waals surface area contributed by atoms with Crippen LogP contribution in [0, 0.1) is 0 Å². The highest BCUT2D eigenvalue weighted by molar-refractivity contribution is 5.91. The van der Waals surface area contributed by atoms with E-state index in [1.165, 1.54) is 5.56 Å². The molecule has 0 bridgehead atoms. The van der Waals surface area contributed by atoms with Gasteiger partial charge < -0.3 is 5.73 Å². The lowest BCUT2D eigenvalue weighted by molar-refractivity contribution is -0.114. The molecule has 1 aromatic carbocycles. The van der Waals surface area contributed by atoms with Crippen molar-refractivity contribution in [3.05, 3.63) is 47.5 Å². The average molecular weight is 217 g/mol. The fraction of sp³-hybridized carbons (Fsp3) is 0.357. The van der Waals surface area contributed by atoms with E-state index < -0.39 is 0 Å². The highest BCUT2D eigenvalue weighted by atomic mass is 16.1. The van der Waals surface area contributed by atoms with Crippen molar-refractivity contribution < 1.29 is 4.79 Å². The first-order valence-electron chi connectivity index (χ1n) is 5.76. The number of hydrogen-bond donors (Lipinski definition) is 1. The molecule has 0 spiro atoms. The van der Waals surface area contributed by atoms with Crippen molar-refractivity contribution in [2.75, 3.05) is 0 Å². The summed E-state index contributed by atoms with van der Waals surface area (Å²) in [5, 5.41) is 0. The number of benzene rings is 1. The Morgan fingerprint density at radius 1 is 1.31 bits per heavy atom. The molecular weight excluding hydrogens is 198 g/mol. The van der Waals surface area contributed by atoms with E-state index in [1.54, 1.807) is 0 Å². The van der Waals surface area contributed by atoms with Gasteiger partial charge in [-0.15, -0.1) is 0 Å². The zero-order valence-corrected chi connectivity index (χ0v) is 9.78.